The van der Waals surface area contributed by atoms with Crippen LogP contribution in [0.2, 0.25) is 0 Å². The first-order valence-corrected chi connectivity index (χ1v) is 9.07. The molecule has 0 atom stereocenters. The maximum absolute atomic E-state index is 12.6. The molecule has 0 spiro atoms. The molecule has 1 N–H and O–H groups in total. The molecule has 2 aromatic rings. The Hall–Kier alpha value is -1.21. The third kappa shape index (κ3) is 3.52. The van der Waals surface area contributed by atoms with E-state index in [0.717, 1.165) is 17.5 Å². The molecular weight excluding hydrogens is 306 g/mol. The summed E-state index contributed by atoms with van der Waals surface area (Å²) in [6.07, 6.45) is 0.765. The Morgan fingerprint density at radius 1 is 1.24 bits per heavy atom. The Balaban J connectivity index is 2.30. The average Bonchev–Trinajstić information content (AvgIpc) is 2.99. The van der Waals surface area contributed by atoms with Gasteiger partial charge in [-0.1, -0.05) is 13.0 Å². The summed E-state index contributed by atoms with van der Waals surface area (Å²) < 4.78 is 26.5. The fourth-order valence-electron chi connectivity index (χ4n) is 2.16. The lowest BCUT2D eigenvalue weighted by atomic mass is 10.1. The molecule has 1 heterocycles. The topological polar surface area (TPSA) is 57.6 Å². The summed E-state index contributed by atoms with van der Waals surface area (Å²) in [7, 11) is -1.98. The van der Waals surface area contributed by atoms with E-state index in [0.29, 0.717) is 12.1 Å². The Kier molecular flexibility index (Phi) is 5.16. The Bertz CT molecular complexity index is 694. The molecule has 0 bridgehead atoms. The van der Waals surface area contributed by atoms with Crippen molar-refractivity contribution in [2.24, 2.45) is 0 Å². The van der Waals surface area contributed by atoms with Crippen LogP contribution in [0.4, 0.5) is 0 Å². The summed E-state index contributed by atoms with van der Waals surface area (Å²) in [6, 6.07) is 6.86. The minimum Gasteiger partial charge on any atom is -0.392 e. The lowest BCUT2D eigenvalue weighted by Gasteiger charge is -2.18. The van der Waals surface area contributed by atoms with Gasteiger partial charge in [-0.15, -0.1) is 0 Å². The Morgan fingerprint density at radius 3 is 2.57 bits per heavy atom. The van der Waals surface area contributed by atoms with Gasteiger partial charge in [-0.2, -0.15) is 15.6 Å². The third-order valence-corrected chi connectivity index (χ3v) is 5.95. The maximum Gasteiger partial charge on any atom is 0.243 e. The Labute approximate surface area is 129 Å². The second-order valence-electron chi connectivity index (χ2n) is 4.83. The molecule has 0 fully saturated rings. The Morgan fingerprint density at radius 2 is 2.00 bits per heavy atom. The normalized spacial score (nSPS) is 12.0. The molecular formula is C15H19NO3S2. The summed E-state index contributed by atoms with van der Waals surface area (Å²) in [5, 5.41) is 13.2. The number of rotatable bonds is 6. The van der Waals surface area contributed by atoms with Crippen LogP contribution in [0.25, 0.3) is 0 Å². The van der Waals surface area contributed by atoms with Crippen molar-refractivity contribution in [2.45, 2.75) is 31.4 Å². The van der Waals surface area contributed by atoms with Gasteiger partial charge in [0.1, 0.15) is 0 Å². The van der Waals surface area contributed by atoms with Crippen LogP contribution < -0.4 is 0 Å². The fraction of sp³-hybridized carbons (Fsp3) is 0.333. The van der Waals surface area contributed by atoms with E-state index in [-0.39, 0.29) is 11.5 Å². The molecule has 0 aliphatic heterocycles. The standard InChI is InChI=1S/C15H19NO3S2/c1-3-13-4-5-15(8-14(13)10-17)21(18,19)16(2)9-12-6-7-20-11-12/h4-8,11,17H,3,9-10H2,1-2H3. The molecule has 1 aromatic carbocycles. The lowest BCUT2D eigenvalue weighted by molar-refractivity contribution is 0.280. The first-order chi connectivity index (χ1) is 9.98. The molecule has 114 valence electrons. The van der Waals surface area contributed by atoms with Crippen molar-refractivity contribution in [1.82, 2.24) is 4.31 Å². The van der Waals surface area contributed by atoms with Crippen LogP contribution >= 0.6 is 11.3 Å². The highest BCUT2D eigenvalue weighted by Gasteiger charge is 2.21. The minimum absolute atomic E-state index is 0.152. The van der Waals surface area contributed by atoms with Crippen LogP contribution in [0, 0.1) is 0 Å². The van der Waals surface area contributed by atoms with Crippen LogP contribution in [0.5, 0.6) is 0 Å². The van der Waals surface area contributed by atoms with Gasteiger partial charge < -0.3 is 5.11 Å². The van der Waals surface area contributed by atoms with Crippen LogP contribution in [-0.4, -0.2) is 24.9 Å². The molecule has 0 aliphatic rings. The second-order valence-corrected chi connectivity index (χ2v) is 7.66. The number of hydrogen-bond donors (Lipinski definition) is 1. The fourth-order valence-corrected chi connectivity index (χ4v) is 4.03. The summed E-state index contributed by atoms with van der Waals surface area (Å²) >= 11 is 1.54. The smallest absolute Gasteiger partial charge is 0.243 e. The number of aliphatic hydroxyl groups is 1. The molecule has 0 saturated heterocycles. The van der Waals surface area contributed by atoms with E-state index in [2.05, 4.69) is 0 Å². The number of sulfonamides is 1. The number of aliphatic hydroxyl groups excluding tert-OH is 1. The molecule has 0 amide bonds. The third-order valence-electron chi connectivity index (χ3n) is 3.42. The first-order valence-electron chi connectivity index (χ1n) is 6.69. The SMILES string of the molecule is CCc1ccc(S(=O)(=O)N(C)Cc2ccsc2)cc1CO. The highest BCUT2D eigenvalue weighted by Crippen LogP contribution is 2.21. The molecule has 2 rings (SSSR count). The van der Waals surface area contributed by atoms with E-state index in [1.807, 2.05) is 23.8 Å². The van der Waals surface area contributed by atoms with E-state index in [4.69, 9.17) is 0 Å². The van der Waals surface area contributed by atoms with E-state index in [1.54, 1.807) is 36.6 Å². The van der Waals surface area contributed by atoms with Gasteiger partial charge in [-0.3, -0.25) is 0 Å². The highest BCUT2D eigenvalue weighted by molar-refractivity contribution is 7.89. The molecule has 4 nitrogen and oxygen atoms in total. The van der Waals surface area contributed by atoms with Crippen molar-refractivity contribution in [3.8, 4) is 0 Å². The molecule has 1 aromatic heterocycles. The van der Waals surface area contributed by atoms with Gasteiger partial charge in [-0.25, -0.2) is 8.42 Å². The second kappa shape index (κ2) is 6.70. The van der Waals surface area contributed by atoms with E-state index in [9.17, 15) is 13.5 Å². The molecule has 6 heteroatoms. The monoisotopic (exact) mass is 325 g/mol. The van der Waals surface area contributed by atoms with Crippen molar-refractivity contribution < 1.29 is 13.5 Å². The zero-order valence-electron chi connectivity index (χ0n) is 12.1. The summed E-state index contributed by atoms with van der Waals surface area (Å²) in [6.45, 7) is 2.17. The molecule has 0 radical (unpaired) electrons. The molecule has 21 heavy (non-hydrogen) atoms. The van der Waals surface area contributed by atoms with Crippen LogP contribution in [-0.2, 0) is 29.6 Å². The summed E-state index contributed by atoms with van der Waals surface area (Å²) in [5.74, 6) is 0. The molecule has 0 unspecified atom stereocenters. The highest BCUT2D eigenvalue weighted by atomic mass is 32.2. The van der Waals surface area contributed by atoms with E-state index < -0.39 is 10.0 Å². The van der Waals surface area contributed by atoms with Gasteiger partial charge in [-0.05, 0) is 52.1 Å². The van der Waals surface area contributed by atoms with Gasteiger partial charge in [0.2, 0.25) is 10.0 Å². The van der Waals surface area contributed by atoms with Gasteiger partial charge >= 0.3 is 0 Å². The van der Waals surface area contributed by atoms with Gasteiger partial charge in [0, 0.05) is 13.6 Å². The summed E-state index contributed by atoms with van der Waals surface area (Å²) in [5.41, 5.74) is 2.61. The first kappa shape index (κ1) is 16.2. The van der Waals surface area contributed by atoms with Gasteiger partial charge in [0.15, 0.2) is 0 Å². The largest absolute Gasteiger partial charge is 0.392 e. The zero-order valence-corrected chi connectivity index (χ0v) is 13.7. The van der Waals surface area contributed by atoms with Crippen molar-refractivity contribution >= 4 is 21.4 Å². The average molecular weight is 325 g/mol. The van der Waals surface area contributed by atoms with Gasteiger partial charge in [0.25, 0.3) is 0 Å². The van der Waals surface area contributed by atoms with Crippen LogP contribution in [0.15, 0.2) is 39.9 Å². The van der Waals surface area contributed by atoms with E-state index >= 15 is 0 Å². The predicted octanol–water partition coefficient (Wildman–Crippen LogP) is 2.62. The minimum atomic E-state index is -3.55. The quantitative estimate of drug-likeness (QED) is 0.888. The number of benzene rings is 1. The van der Waals surface area contributed by atoms with Gasteiger partial charge in [0.05, 0.1) is 11.5 Å². The molecule has 0 aliphatic carbocycles. The number of nitrogens with zero attached hydrogens (tertiary/aromatic N) is 1. The van der Waals surface area contributed by atoms with Crippen LogP contribution in [0.1, 0.15) is 23.6 Å². The summed E-state index contributed by atoms with van der Waals surface area (Å²) in [4.78, 5) is 0.224. The zero-order chi connectivity index (χ0) is 15.5. The van der Waals surface area contributed by atoms with Crippen molar-refractivity contribution in [3.63, 3.8) is 0 Å². The van der Waals surface area contributed by atoms with Crippen molar-refractivity contribution in [2.75, 3.05) is 7.05 Å². The van der Waals surface area contributed by atoms with Crippen molar-refractivity contribution in [1.29, 1.82) is 0 Å². The number of hydrogen-bond acceptors (Lipinski definition) is 4. The predicted molar refractivity (Wildman–Crippen MR) is 84.7 cm³/mol. The van der Waals surface area contributed by atoms with E-state index in [1.165, 1.54) is 4.31 Å². The number of thiophene rings is 1. The van der Waals surface area contributed by atoms with Crippen molar-refractivity contribution in [3.05, 3.63) is 51.7 Å². The maximum atomic E-state index is 12.6. The molecule has 0 saturated carbocycles. The lowest BCUT2D eigenvalue weighted by Crippen LogP contribution is -2.26. The van der Waals surface area contributed by atoms with Crippen LogP contribution in [0.3, 0.4) is 0 Å². The number of aryl methyl sites for hydroxylation is 1.